The highest BCUT2D eigenvalue weighted by Gasteiger charge is 2.31. The van der Waals surface area contributed by atoms with Gasteiger partial charge in [0.05, 0.1) is 5.01 Å². The Morgan fingerprint density at radius 3 is 2.80 bits per heavy atom. The molecule has 3 unspecified atom stereocenters. The second-order valence-corrected chi connectivity index (χ2v) is 6.20. The highest BCUT2D eigenvalue weighted by atomic mass is 32.1. The Morgan fingerprint density at radius 2 is 2.20 bits per heavy atom. The fourth-order valence-corrected chi connectivity index (χ4v) is 3.61. The van der Waals surface area contributed by atoms with Gasteiger partial charge in [-0.25, -0.2) is 4.98 Å². The molecule has 84 valence electrons. The Kier molecular flexibility index (Phi) is 3.45. The maximum Gasteiger partial charge on any atom is 0.0958 e. The van der Waals surface area contributed by atoms with Crippen molar-refractivity contribution in [1.29, 1.82) is 0 Å². The molecule has 1 aromatic heterocycles. The Balaban J connectivity index is 2.09. The fourth-order valence-electron chi connectivity index (χ4n) is 2.72. The lowest BCUT2D eigenvalue weighted by Crippen LogP contribution is -2.24. The van der Waals surface area contributed by atoms with Crippen LogP contribution in [0.15, 0.2) is 11.6 Å². The SMILES string of the molecule is CC(C)C1CCC(C)C(c2nccs2)C1. The number of rotatable bonds is 2. The predicted octanol–water partition coefficient (Wildman–Crippen LogP) is 4.32. The minimum absolute atomic E-state index is 0.728. The van der Waals surface area contributed by atoms with Crippen molar-refractivity contribution in [2.45, 2.75) is 46.0 Å². The first-order valence-electron chi connectivity index (χ1n) is 6.08. The molecular weight excluding hydrogens is 202 g/mol. The van der Waals surface area contributed by atoms with Crippen LogP contribution >= 0.6 is 11.3 Å². The van der Waals surface area contributed by atoms with Gasteiger partial charge in [-0.1, -0.05) is 20.8 Å². The highest BCUT2D eigenvalue weighted by molar-refractivity contribution is 7.09. The Morgan fingerprint density at radius 1 is 1.40 bits per heavy atom. The van der Waals surface area contributed by atoms with Gasteiger partial charge in [0, 0.05) is 17.5 Å². The zero-order valence-electron chi connectivity index (χ0n) is 9.94. The van der Waals surface area contributed by atoms with E-state index in [2.05, 4.69) is 31.1 Å². The van der Waals surface area contributed by atoms with Gasteiger partial charge in [0.2, 0.25) is 0 Å². The van der Waals surface area contributed by atoms with E-state index in [1.165, 1.54) is 24.3 Å². The maximum absolute atomic E-state index is 4.50. The molecule has 1 saturated carbocycles. The normalized spacial score (nSPS) is 32.1. The summed E-state index contributed by atoms with van der Waals surface area (Å²) in [5, 5.41) is 3.48. The lowest BCUT2D eigenvalue weighted by molar-refractivity contribution is 0.204. The molecule has 2 heteroatoms. The zero-order valence-corrected chi connectivity index (χ0v) is 10.8. The molecule has 1 fully saturated rings. The third-order valence-electron chi connectivity index (χ3n) is 3.95. The molecule has 0 aliphatic heterocycles. The first kappa shape index (κ1) is 11.1. The van der Waals surface area contributed by atoms with Gasteiger partial charge in [-0.2, -0.15) is 0 Å². The summed E-state index contributed by atoms with van der Waals surface area (Å²) in [7, 11) is 0. The monoisotopic (exact) mass is 223 g/mol. The van der Waals surface area contributed by atoms with Crippen molar-refractivity contribution < 1.29 is 0 Å². The van der Waals surface area contributed by atoms with Crippen molar-refractivity contribution in [3.8, 4) is 0 Å². The van der Waals surface area contributed by atoms with E-state index in [0.29, 0.717) is 0 Å². The Bertz CT molecular complexity index is 291. The molecular formula is C13H21NS. The van der Waals surface area contributed by atoms with Crippen LogP contribution in [0.25, 0.3) is 0 Å². The molecule has 1 aliphatic rings. The summed E-state index contributed by atoms with van der Waals surface area (Å²) >= 11 is 1.84. The highest BCUT2D eigenvalue weighted by Crippen LogP contribution is 2.43. The second-order valence-electron chi connectivity index (χ2n) is 5.27. The van der Waals surface area contributed by atoms with Crippen molar-refractivity contribution in [3.05, 3.63) is 16.6 Å². The van der Waals surface area contributed by atoms with Crippen molar-refractivity contribution in [1.82, 2.24) is 4.98 Å². The summed E-state index contributed by atoms with van der Waals surface area (Å²) in [5.74, 6) is 3.30. The topological polar surface area (TPSA) is 12.9 Å². The van der Waals surface area contributed by atoms with Gasteiger partial charge in [0.25, 0.3) is 0 Å². The molecule has 1 heterocycles. The molecule has 0 spiro atoms. The fraction of sp³-hybridized carbons (Fsp3) is 0.769. The summed E-state index contributed by atoms with van der Waals surface area (Å²) in [4.78, 5) is 4.50. The summed E-state index contributed by atoms with van der Waals surface area (Å²) in [6.45, 7) is 7.11. The summed E-state index contributed by atoms with van der Waals surface area (Å²) in [6.07, 6.45) is 6.10. The van der Waals surface area contributed by atoms with Crippen molar-refractivity contribution in [3.63, 3.8) is 0 Å². The quantitative estimate of drug-likeness (QED) is 0.727. The van der Waals surface area contributed by atoms with E-state index in [-0.39, 0.29) is 0 Å². The predicted molar refractivity (Wildman–Crippen MR) is 66.2 cm³/mol. The molecule has 0 aromatic carbocycles. The van der Waals surface area contributed by atoms with Gasteiger partial charge in [0.1, 0.15) is 0 Å². The molecule has 2 rings (SSSR count). The molecule has 15 heavy (non-hydrogen) atoms. The number of nitrogens with zero attached hydrogens (tertiary/aromatic N) is 1. The molecule has 0 bridgehead atoms. The molecule has 0 saturated heterocycles. The van der Waals surface area contributed by atoms with Gasteiger partial charge < -0.3 is 0 Å². The average molecular weight is 223 g/mol. The average Bonchev–Trinajstić information content (AvgIpc) is 2.71. The number of aromatic nitrogens is 1. The molecule has 0 N–H and O–H groups in total. The Labute approximate surface area is 96.9 Å². The number of hydrogen-bond donors (Lipinski definition) is 0. The molecule has 1 aliphatic carbocycles. The number of hydrogen-bond acceptors (Lipinski definition) is 2. The van der Waals surface area contributed by atoms with E-state index in [0.717, 1.165) is 23.7 Å². The molecule has 1 aromatic rings. The van der Waals surface area contributed by atoms with Crippen LogP contribution in [0.5, 0.6) is 0 Å². The first-order chi connectivity index (χ1) is 7.18. The van der Waals surface area contributed by atoms with E-state index >= 15 is 0 Å². The minimum Gasteiger partial charge on any atom is -0.249 e. The van der Waals surface area contributed by atoms with Crippen molar-refractivity contribution in [2.75, 3.05) is 0 Å². The summed E-state index contributed by atoms with van der Waals surface area (Å²) < 4.78 is 0. The second kappa shape index (κ2) is 4.65. The van der Waals surface area contributed by atoms with Crippen LogP contribution < -0.4 is 0 Å². The van der Waals surface area contributed by atoms with Crippen LogP contribution in [0.3, 0.4) is 0 Å². The molecule has 0 radical (unpaired) electrons. The van der Waals surface area contributed by atoms with Crippen LogP contribution in [0.1, 0.15) is 51.0 Å². The van der Waals surface area contributed by atoms with Crippen molar-refractivity contribution >= 4 is 11.3 Å². The number of thiazole rings is 1. The van der Waals surface area contributed by atoms with E-state index < -0.39 is 0 Å². The summed E-state index contributed by atoms with van der Waals surface area (Å²) in [5.41, 5.74) is 0. The molecule has 3 atom stereocenters. The van der Waals surface area contributed by atoms with Crippen LogP contribution in [-0.2, 0) is 0 Å². The zero-order chi connectivity index (χ0) is 10.8. The van der Waals surface area contributed by atoms with Crippen LogP contribution in [0.2, 0.25) is 0 Å². The van der Waals surface area contributed by atoms with E-state index in [4.69, 9.17) is 0 Å². The van der Waals surface area contributed by atoms with Crippen molar-refractivity contribution in [2.24, 2.45) is 17.8 Å². The first-order valence-corrected chi connectivity index (χ1v) is 6.96. The molecule has 0 amide bonds. The van der Waals surface area contributed by atoms with Crippen LogP contribution in [0.4, 0.5) is 0 Å². The molecule has 1 nitrogen and oxygen atoms in total. The minimum atomic E-state index is 0.728. The third-order valence-corrected chi connectivity index (χ3v) is 4.86. The standard InChI is InChI=1S/C13H21NS/c1-9(2)11-5-4-10(3)12(8-11)13-14-6-7-15-13/h6-7,9-12H,4-5,8H2,1-3H3. The lowest BCUT2D eigenvalue weighted by Gasteiger charge is -2.35. The van der Waals surface area contributed by atoms with Gasteiger partial charge in [-0.15, -0.1) is 11.3 Å². The van der Waals surface area contributed by atoms with E-state index in [9.17, 15) is 0 Å². The largest absolute Gasteiger partial charge is 0.249 e. The van der Waals surface area contributed by atoms with E-state index in [1.807, 2.05) is 17.5 Å². The van der Waals surface area contributed by atoms with Crippen LogP contribution in [0, 0.1) is 17.8 Å². The maximum atomic E-state index is 4.50. The Hall–Kier alpha value is -0.370. The van der Waals surface area contributed by atoms with Gasteiger partial charge >= 0.3 is 0 Å². The third kappa shape index (κ3) is 2.41. The van der Waals surface area contributed by atoms with Gasteiger partial charge in [-0.05, 0) is 37.0 Å². The smallest absolute Gasteiger partial charge is 0.0958 e. The summed E-state index contributed by atoms with van der Waals surface area (Å²) in [6, 6.07) is 0. The lowest BCUT2D eigenvalue weighted by atomic mass is 9.71. The van der Waals surface area contributed by atoms with Gasteiger partial charge in [-0.3, -0.25) is 0 Å². The van der Waals surface area contributed by atoms with Crippen LogP contribution in [-0.4, -0.2) is 4.98 Å². The van der Waals surface area contributed by atoms with Gasteiger partial charge in [0.15, 0.2) is 0 Å². The van der Waals surface area contributed by atoms with E-state index in [1.54, 1.807) is 0 Å².